The van der Waals surface area contributed by atoms with Crippen molar-refractivity contribution in [2.45, 2.75) is 75.9 Å². The van der Waals surface area contributed by atoms with Crippen LogP contribution in [-0.2, 0) is 26.2 Å². The third kappa shape index (κ3) is 8.09. The van der Waals surface area contributed by atoms with Crippen LogP contribution in [0, 0.1) is 6.92 Å². The van der Waals surface area contributed by atoms with Crippen LogP contribution in [0.1, 0.15) is 56.6 Å². The average Bonchev–Trinajstić information content (AvgIpc) is 3.01. The summed E-state index contributed by atoms with van der Waals surface area (Å²) >= 11 is 6.12. The van der Waals surface area contributed by atoms with Crippen molar-refractivity contribution in [2.24, 2.45) is 0 Å². The Labute approximate surface area is 260 Å². The molecule has 230 valence electrons. The minimum absolute atomic E-state index is 0.00332. The smallest absolute Gasteiger partial charge is 0.264 e. The van der Waals surface area contributed by atoms with E-state index in [4.69, 9.17) is 16.3 Å². The molecule has 3 aromatic carbocycles. The van der Waals surface area contributed by atoms with E-state index in [2.05, 4.69) is 5.32 Å². The normalized spacial score (nSPS) is 14.5. The number of carbonyl (C=O) groups is 2. The molecule has 4 rings (SSSR count). The third-order valence-corrected chi connectivity index (χ3v) is 10.0. The first kappa shape index (κ1) is 32.4. The van der Waals surface area contributed by atoms with Gasteiger partial charge in [-0.05, 0) is 85.8 Å². The van der Waals surface area contributed by atoms with Crippen LogP contribution in [0.5, 0.6) is 5.75 Å². The van der Waals surface area contributed by atoms with Crippen LogP contribution in [0.25, 0.3) is 0 Å². The zero-order chi connectivity index (χ0) is 31.0. The minimum atomic E-state index is -4.19. The second kappa shape index (κ2) is 14.8. The summed E-state index contributed by atoms with van der Waals surface area (Å²) in [5.41, 5.74) is 2.14. The Kier molecular flexibility index (Phi) is 11.1. The number of sulfonamides is 1. The van der Waals surface area contributed by atoms with Gasteiger partial charge in [0.05, 0.1) is 17.7 Å². The minimum Gasteiger partial charge on any atom is -0.497 e. The van der Waals surface area contributed by atoms with Crippen molar-refractivity contribution in [3.05, 3.63) is 88.9 Å². The van der Waals surface area contributed by atoms with Crippen LogP contribution >= 0.6 is 11.6 Å². The van der Waals surface area contributed by atoms with Gasteiger partial charge in [-0.1, -0.05) is 62.1 Å². The van der Waals surface area contributed by atoms with Gasteiger partial charge >= 0.3 is 0 Å². The number of hydrogen-bond donors (Lipinski definition) is 1. The number of halogens is 1. The van der Waals surface area contributed by atoms with Crippen molar-refractivity contribution in [2.75, 3.05) is 18.0 Å². The molecular formula is C33H40ClN3O5S. The van der Waals surface area contributed by atoms with Crippen molar-refractivity contribution in [1.29, 1.82) is 0 Å². The molecular weight excluding hydrogens is 586 g/mol. The molecule has 0 radical (unpaired) electrons. The van der Waals surface area contributed by atoms with E-state index in [1.165, 1.54) is 24.1 Å². The molecule has 3 aromatic rings. The van der Waals surface area contributed by atoms with Crippen LogP contribution in [0.3, 0.4) is 0 Å². The molecule has 2 amide bonds. The summed E-state index contributed by atoms with van der Waals surface area (Å²) in [5.74, 6) is -0.194. The van der Waals surface area contributed by atoms with E-state index in [1.54, 1.807) is 36.4 Å². The summed E-state index contributed by atoms with van der Waals surface area (Å²) < 4.78 is 34.3. The Morgan fingerprint density at radius 3 is 2.23 bits per heavy atom. The van der Waals surface area contributed by atoms with Crippen LogP contribution in [0.4, 0.5) is 5.69 Å². The molecule has 0 unspecified atom stereocenters. The number of benzene rings is 3. The lowest BCUT2D eigenvalue weighted by Crippen LogP contribution is -2.54. The monoisotopic (exact) mass is 625 g/mol. The number of nitrogens with one attached hydrogen (secondary N) is 1. The van der Waals surface area contributed by atoms with Crippen LogP contribution < -0.4 is 14.4 Å². The van der Waals surface area contributed by atoms with Gasteiger partial charge in [0.25, 0.3) is 10.0 Å². The van der Waals surface area contributed by atoms with Crippen LogP contribution in [-0.4, -0.2) is 50.9 Å². The first-order valence-electron chi connectivity index (χ1n) is 14.7. The lowest BCUT2D eigenvalue weighted by molar-refractivity contribution is -0.140. The van der Waals surface area contributed by atoms with Crippen molar-refractivity contribution < 1.29 is 22.7 Å². The van der Waals surface area contributed by atoms with Crippen molar-refractivity contribution in [1.82, 2.24) is 10.2 Å². The number of amides is 2. The van der Waals surface area contributed by atoms with Gasteiger partial charge in [0.1, 0.15) is 18.3 Å². The van der Waals surface area contributed by atoms with Gasteiger partial charge in [-0.25, -0.2) is 8.42 Å². The Morgan fingerprint density at radius 2 is 1.63 bits per heavy atom. The van der Waals surface area contributed by atoms with Crippen LogP contribution in [0.15, 0.2) is 77.7 Å². The molecule has 10 heteroatoms. The molecule has 0 saturated heterocycles. The molecule has 1 fully saturated rings. The molecule has 1 aliphatic carbocycles. The molecule has 1 aliphatic rings. The molecule has 0 bridgehead atoms. The fraction of sp³-hybridized carbons (Fsp3) is 0.394. The number of ether oxygens (including phenoxy) is 1. The maximum atomic E-state index is 14.3. The molecule has 0 spiro atoms. The number of hydrogen-bond acceptors (Lipinski definition) is 5. The van der Waals surface area contributed by atoms with Gasteiger partial charge in [-0.3, -0.25) is 13.9 Å². The van der Waals surface area contributed by atoms with Gasteiger partial charge < -0.3 is 15.0 Å². The summed E-state index contributed by atoms with van der Waals surface area (Å²) in [6, 6.07) is 19.3. The number of carbonyl (C=O) groups excluding carboxylic acids is 2. The first-order valence-corrected chi connectivity index (χ1v) is 16.5. The highest BCUT2D eigenvalue weighted by molar-refractivity contribution is 7.92. The highest BCUT2D eigenvalue weighted by atomic mass is 35.5. The van der Waals surface area contributed by atoms with E-state index >= 15 is 0 Å². The summed E-state index contributed by atoms with van der Waals surface area (Å²) in [6.45, 7) is 3.48. The lowest BCUT2D eigenvalue weighted by Gasteiger charge is -2.34. The van der Waals surface area contributed by atoms with E-state index in [-0.39, 0.29) is 29.1 Å². The summed E-state index contributed by atoms with van der Waals surface area (Å²) in [6.07, 6.45) is 5.49. The topological polar surface area (TPSA) is 96.0 Å². The highest BCUT2D eigenvalue weighted by Gasteiger charge is 2.34. The number of aryl methyl sites for hydroxylation is 1. The van der Waals surface area contributed by atoms with Crippen molar-refractivity contribution in [3.63, 3.8) is 0 Å². The van der Waals surface area contributed by atoms with Gasteiger partial charge in [0.15, 0.2) is 0 Å². The van der Waals surface area contributed by atoms with Gasteiger partial charge in [-0.15, -0.1) is 0 Å². The summed E-state index contributed by atoms with van der Waals surface area (Å²) in [4.78, 5) is 29.5. The maximum absolute atomic E-state index is 14.3. The SMILES string of the molecule is CC[C@H](C(=O)NC1CCCCC1)N(Cc1ccccc1C)C(=O)CN(c1ccc(Cl)cc1)S(=O)(=O)c1ccc(OC)cc1. The second-order valence-electron chi connectivity index (χ2n) is 10.9. The summed E-state index contributed by atoms with van der Waals surface area (Å²) in [7, 11) is -2.69. The highest BCUT2D eigenvalue weighted by Crippen LogP contribution is 2.28. The Morgan fingerprint density at radius 1 is 0.977 bits per heavy atom. The molecule has 8 nitrogen and oxygen atoms in total. The van der Waals surface area contributed by atoms with Gasteiger partial charge in [-0.2, -0.15) is 0 Å². The molecule has 1 N–H and O–H groups in total. The first-order chi connectivity index (χ1) is 20.6. The van der Waals surface area contributed by atoms with Crippen molar-refractivity contribution in [3.8, 4) is 5.75 Å². The Bertz CT molecular complexity index is 1490. The van der Waals surface area contributed by atoms with Crippen molar-refractivity contribution >= 4 is 39.1 Å². The predicted octanol–water partition coefficient (Wildman–Crippen LogP) is 6.11. The van der Waals surface area contributed by atoms with Gasteiger partial charge in [0.2, 0.25) is 11.8 Å². The molecule has 1 atom stereocenters. The number of nitrogens with zero attached hydrogens (tertiary/aromatic N) is 2. The van der Waals surface area contributed by atoms with E-state index in [0.717, 1.165) is 47.5 Å². The second-order valence-corrected chi connectivity index (χ2v) is 13.2. The maximum Gasteiger partial charge on any atom is 0.264 e. The van der Waals surface area contributed by atoms with E-state index < -0.39 is 28.5 Å². The largest absolute Gasteiger partial charge is 0.497 e. The zero-order valence-corrected chi connectivity index (χ0v) is 26.5. The van der Waals surface area contributed by atoms with Crippen LogP contribution in [0.2, 0.25) is 5.02 Å². The van der Waals surface area contributed by atoms with Gasteiger partial charge in [0, 0.05) is 17.6 Å². The average molecular weight is 626 g/mol. The number of anilines is 1. The zero-order valence-electron chi connectivity index (χ0n) is 25.0. The standard InChI is InChI=1S/C33H40ClN3O5S/c1-4-31(33(39)35-27-12-6-5-7-13-27)36(22-25-11-9-8-10-24(25)2)32(38)23-37(28-16-14-26(34)15-17-28)43(40,41)30-20-18-29(42-3)19-21-30/h8-11,14-21,27,31H,4-7,12-13,22-23H2,1-3H3,(H,35,39)/t31-/m1/s1. The molecule has 0 heterocycles. The third-order valence-electron chi connectivity index (χ3n) is 7.98. The lowest BCUT2D eigenvalue weighted by atomic mass is 9.95. The molecule has 0 aliphatic heterocycles. The fourth-order valence-electron chi connectivity index (χ4n) is 5.45. The quantitative estimate of drug-likeness (QED) is 0.262. The summed E-state index contributed by atoms with van der Waals surface area (Å²) in [5, 5.41) is 3.61. The number of rotatable bonds is 12. The molecule has 1 saturated carbocycles. The van der Waals surface area contributed by atoms with E-state index in [0.29, 0.717) is 17.2 Å². The van der Waals surface area contributed by atoms with E-state index in [1.807, 2.05) is 38.1 Å². The Hall–Kier alpha value is -3.56. The number of methoxy groups -OCH3 is 1. The molecule has 43 heavy (non-hydrogen) atoms. The fourth-order valence-corrected chi connectivity index (χ4v) is 6.99. The molecule has 0 aromatic heterocycles. The van der Waals surface area contributed by atoms with E-state index in [9.17, 15) is 18.0 Å². The predicted molar refractivity (Wildman–Crippen MR) is 170 cm³/mol. The Balaban J connectivity index is 1.71.